The van der Waals surface area contributed by atoms with Crippen LogP contribution >= 0.6 is 11.6 Å². The standard InChI is InChI=1S/C29H32ClF3N2O6S/c1-20(35(28-19-24(32)7-11-27(28)33)42(37,38)25-8-4-22(30)5-9-25)26-10-6-23(31)18-21(26)12-15-41-29(36)34(13-16-39-2)14-17-40-3/h4-11,18-20H,12-17H2,1-3H3/t20-/m1/s1. The summed E-state index contributed by atoms with van der Waals surface area (Å²) in [6, 6.07) is 10.2. The zero-order chi connectivity index (χ0) is 30.9. The quantitative estimate of drug-likeness (QED) is 0.218. The molecule has 0 aromatic heterocycles. The molecule has 0 radical (unpaired) electrons. The fourth-order valence-corrected chi connectivity index (χ4v) is 6.04. The van der Waals surface area contributed by atoms with Crippen LogP contribution in [0.2, 0.25) is 5.02 Å². The van der Waals surface area contributed by atoms with Crippen LogP contribution < -0.4 is 4.31 Å². The monoisotopic (exact) mass is 628 g/mol. The van der Waals surface area contributed by atoms with E-state index in [2.05, 4.69) is 0 Å². The molecule has 0 N–H and O–H groups in total. The van der Waals surface area contributed by atoms with E-state index in [0.29, 0.717) is 11.1 Å². The largest absolute Gasteiger partial charge is 0.449 e. The minimum absolute atomic E-state index is 0.00599. The highest BCUT2D eigenvalue weighted by Crippen LogP contribution is 2.37. The Morgan fingerprint density at radius 1 is 0.881 bits per heavy atom. The van der Waals surface area contributed by atoms with Gasteiger partial charge >= 0.3 is 6.09 Å². The second-order valence-corrected chi connectivity index (χ2v) is 11.5. The van der Waals surface area contributed by atoms with Gasteiger partial charge in [0.1, 0.15) is 17.5 Å². The molecular weight excluding hydrogens is 597 g/mol. The number of carbonyl (C=O) groups is 1. The van der Waals surface area contributed by atoms with Gasteiger partial charge < -0.3 is 19.1 Å². The van der Waals surface area contributed by atoms with Gasteiger partial charge in [-0.3, -0.25) is 4.31 Å². The van der Waals surface area contributed by atoms with Gasteiger partial charge in [0.05, 0.1) is 36.4 Å². The van der Waals surface area contributed by atoms with Gasteiger partial charge in [0, 0.05) is 44.8 Å². The predicted octanol–water partition coefficient (Wildman–Crippen LogP) is 5.99. The van der Waals surface area contributed by atoms with E-state index in [4.69, 9.17) is 25.8 Å². The van der Waals surface area contributed by atoms with Gasteiger partial charge in [0.25, 0.3) is 10.0 Å². The highest BCUT2D eigenvalue weighted by Gasteiger charge is 2.34. The molecule has 0 aliphatic rings. The van der Waals surface area contributed by atoms with Crippen molar-refractivity contribution >= 4 is 33.4 Å². The van der Waals surface area contributed by atoms with Crippen molar-refractivity contribution in [3.8, 4) is 0 Å². The van der Waals surface area contributed by atoms with Gasteiger partial charge in [-0.1, -0.05) is 17.7 Å². The van der Waals surface area contributed by atoms with Crippen LogP contribution in [0.5, 0.6) is 0 Å². The predicted molar refractivity (Wildman–Crippen MR) is 153 cm³/mol. The first-order chi connectivity index (χ1) is 20.0. The maximum Gasteiger partial charge on any atom is 0.409 e. The number of amides is 1. The molecule has 228 valence electrons. The molecule has 0 aliphatic heterocycles. The second-order valence-electron chi connectivity index (χ2n) is 9.21. The van der Waals surface area contributed by atoms with Crippen molar-refractivity contribution in [1.29, 1.82) is 0 Å². The number of sulfonamides is 1. The summed E-state index contributed by atoms with van der Waals surface area (Å²) in [5.41, 5.74) is 0.0686. The van der Waals surface area contributed by atoms with E-state index in [1.165, 1.54) is 62.4 Å². The Morgan fingerprint density at radius 2 is 1.48 bits per heavy atom. The molecule has 0 bridgehead atoms. The molecule has 1 amide bonds. The van der Waals surface area contributed by atoms with E-state index < -0.39 is 45.3 Å². The van der Waals surface area contributed by atoms with Crippen LogP contribution in [0.1, 0.15) is 24.1 Å². The molecule has 42 heavy (non-hydrogen) atoms. The molecule has 0 unspecified atom stereocenters. The molecule has 0 aliphatic carbocycles. The summed E-state index contributed by atoms with van der Waals surface area (Å²) >= 11 is 5.93. The minimum atomic E-state index is -4.49. The number of benzene rings is 3. The first-order valence-electron chi connectivity index (χ1n) is 12.9. The Hall–Kier alpha value is -3.32. The van der Waals surface area contributed by atoms with Gasteiger partial charge in [-0.2, -0.15) is 0 Å². The number of hydrogen-bond acceptors (Lipinski definition) is 6. The number of rotatable bonds is 14. The Balaban J connectivity index is 1.96. The zero-order valence-electron chi connectivity index (χ0n) is 23.4. The number of nitrogens with zero attached hydrogens (tertiary/aromatic N) is 2. The van der Waals surface area contributed by atoms with E-state index >= 15 is 4.39 Å². The third kappa shape index (κ3) is 8.37. The van der Waals surface area contributed by atoms with Gasteiger partial charge in [0.15, 0.2) is 0 Å². The van der Waals surface area contributed by atoms with Crippen molar-refractivity contribution in [2.24, 2.45) is 0 Å². The number of methoxy groups -OCH3 is 2. The van der Waals surface area contributed by atoms with E-state index in [1.807, 2.05) is 0 Å². The highest BCUT2D eigenvalue weighted by atomic mass is 35.5. The van der Waals surface area contributed by atoms with Crippen molar-refractivity contribution in [3.63, 3.8) is 0 Å². The Kier molecular flexibility index (Phi) is 12.0. The molecular formula is C29H32ClF3N2O6S. The first-order valence-corrected chi connectivity index (χ1v) is 14.7. The Morgan fingerprint density at radius 3 is 2.10 bits per heavy atom. The summed E-state index contributed by atoms with van der Waals surface area (Å²) in [6.45, 7) is 2.38. The molecule has 0 saturated heterocycles. The van der Waals surface area contributed by atoms with Crippen molar-refractivity contribution in [2.45, 2.75) is 24.3 Å². The molecule has 1 atom stereocenters. The maximum atomic E-state index is 15.1. The fourth-order valence-electron chi connectivity index (χ4n) is 4.28. The van der Waals surface area contributed by atoms with E-state index in [1.54, 1.807) is 0 Å². The molecule has 3 aromatic rings. The molecule has 8 nitrogen and oxygen atoms in total. The van der Waals surface area contributed by atoms with Gasteiger partial charge in [-0.05, 0) is 66.6 Å². The van der Waals surface area contributed by atoms with Crippen LogP contribution in [0.4, 0.5) is 23.7 Å². The van der Waals surface area contributed by atoms with Crippen molar-refractivity contribution in [2.75, 3.05) is 51.4 Å². The smallest absolute Gasteiger partial charge is 0.409 e. The van der Waals surface area contributed by atoms with Gasteiger partial charge in [0.2, 0.25) is 0 Å². The summed E-state index contributed by atoms with van der Waals surface area (Å²) in [7, 11) is -1.49. The summed E-state index contributed by atoms with van der Waals surface area (Å²) in [6.07, 6.45) is -0.629. The topological polar surface area (TPSA) is 85.4 Å². The number of hydrogen-bond donors (Lipinski definition) is 0. The molecule has 0 heterocycles. The second kappa shape index (κ2) is 15.2. The number of carbonyl (C=O) groups excluding carboxylic acids is 1. The SMILES string of the molecule is COCCN(CCOC)C(=O)OCCc1cc(F)ccc1[C@@H](C)N(c1cc(F)ccc1F)S(=O)(=O)c1ccc(Cl)cc1. The average Bonchev–Trinajstić information content (AvgIpc) is 2.95. The van der Waals surface area contributed by atoms with E-state index in [-0.39, 0.29) is 49.2 Å². The summed E-state index contributed by atoms with van der Waals surface area (Å²) in [4.78, 5) is 13.8. The summed E-state index contributed by atoms with van der Waals surface area (Å²) in [5, 5.41) is 0.281. The Labute approximate surface area is 248 Å². The van der Waals surface area contributed by atoms with Gasteiger partial charge in [-0.25, -0.2) is 26.4 Å². The molecule has 0 spiro atoms. The normalized spacial score (nSPS) is 12.2. The molecule has 13 heteroatoms. The molecule has 0 fully saturated rings. The van der Waals surface area contributed by atoms with Crippen LogP contribution in [-0.2, 0) is 30.7 Å². The number of ether oxygens (including phenoxy) is 3. The minimum Gasteiger partial charge on any atom is -0.449 e. The third-order valence-electron chi connectivity index (χ3n) is 6.41. The van der Waals surface area contributed by atoms with E-state index in [0.717, 1.165) is 28.6 Å². The maximum absolute atomic E-state index is 15.1. The highest BCUT2D eigenvalue weighted by molar-refractivity contribution is 7.92. The van der Waals surface area contributed by atoms with E-state index in [9.17, 15) is 22.0 Å². The average molecular weight is 629 g/mol. The fraction of sp³-hybridized carbons (Fsp3) is 0.345. The van der Waals surface area contributed by atoms with Crippen LogP contribution in [-0.4, -0.2) is 66.5 Å². The molecule has 0 saturated carbocycles. The first kappa shape index (κ1) is 33.2. The van der Waals surface area contributed by atoms with Crippen LogP contribution in [0.3, 0.4) is 0 Å². The third-order valence-corrected chi connectivity index (χ3v) is 8.56. The van der Waals surface area contributed by atoms with Crippen molar-refractivity contribution < 1.29 is 40.6 Å². The molecule has 3 aromatic carbocycles. The number of halogens is 4. The van der Waals surface area contributed by atoms with Gasteiger partial charge in [-0.15, -0.1) is 0 Å². The summed E-state index contributed by atoms with van der Waals surface area (Å²) in [5.74, 6) is -2.45. The lowest BCUT2D eigenvalue weighted by atomic mass is 9.98. The van der Waals surface area contributed by atoms with Crippen molar-refractivity contribution in [1.82, 2.24) is 4.90 Å². The Bertz CT molecular complexity index is 1450. The van der Waals surface area contributed by atoms with Crippen LogP contribution in [0.25, 0.3) is 0 Å². The zero-order valence-corrected chi connectivity index (χ0v) is 24.9. The summed E-state index contributed by atoms with van der Waals surface area (Å²) < 4.78 is 87.7. The van der Waals surface area contributed by atoms with Crippen molar-refractivity contribution in [3.05, 3.63) is 94.3 Å². The van der Waals surface area contributed by atoms with Crippen LogP contribution in [0.15, 0.2) is 65.6 Å². The molecule has 3 rings (SSSR count). The number of anilines is 1. The lowest BCUT2D eigenvalue weighted by Gasteiger charge is -2.32. The lowest BCUT2D eigenvalue weighted by molar-refractivity contribution is 0.0741. The lowest BCUT2D eigenvalue weighted by Crippen LogP contribution is -2.37. The van der Waals surface area contributed by atoms with Crippen LogP contribution in [0, 0.1) is 17.5 Å².